The predicted molar refractivity (Wildman–Crippen MR) is 128 cm³/mol. The molecule has 0 spiro atoms. The maximum atomic E-state index is 13.1. The van der Waals surface area contributed by atoms with E-state index in [2.05, 4.69) is 5.32 Å². The van der Waals surface area contributed by atoms with Crippen LogP contribution in [0.15, 0.2) is 53.4 Å². The molecular formula is C24H31ClN2O3S. The molecule has 7 heteroatoms. The molecule has 0 radical (unpaired) electrons. The van der Waals surface area contributed by atoms with Gasteiger partial charge in [-0.2, -0.15) is 0 Å². The molecule has 2 atom stereocenters. The van der Waals surface area contributed by atoms with Crippen LogP contribution in [0.25, 0.3) is 0 Å². The molecule has 2 aromatic carbocycles. The maximum Gasteiger partial charge on any atom is 0.242 e. The lowest BCUT2D eigenvalue weighted by atomic mass is 10.1. The second-order valence-electron chi connectivity index (χ2n) is 7.42. The number of benzene rings is 2. The predicted octanol–water partition coefficient (Wildman–Crippen LogP) is 5.16. The summed E-state index contributed by atoms with van der Waals surface area (Å²) in [6, 6.07) is 14.6. The van der Waals surface area contributed by atoms with E-state index >= 15 is 0 Å². The number of methoxy groups -OCH3 is 1. The van der Waals surface area contributed by atoms with E-state index in [0.29, 0.717) is 23.7 Å². The molecule has 0 heterocycles. The Hall–Kier alpha value is -2.18. The van der Waals surface area contributed by atoms with Crippen LogP contribution in [0.1, 0.15) is 39.2 Å². The first-order chi connectivity index (χ1) is 14.8. The molecule has 31 heavy (non-hydrogen) atoms. The molecule has 2 aromatic rings. The summed E-state index contributed by atoms with van der Waals surface area (Å²) in [5.74, 6) is 1.19. The SMILES string of the molecule is CC[C@@H](C)NC(=O)[C@H](C)N(Cc1ccc(OC)cc1)C(=O)CCSc1ccc(Cl)cc1. The number of hydrogen-bond acceptors (Lipinski definition) is 4. The third kappa shape index (κ3) is 8.11. The third-order valence-electron chi connectivity index (χ3n) is 5.08. The first-order valence-electron chi connectivity index (χ1n) is 10.4. The smallest absolute Gasteiger partial charge is 0.242 e. The van der Waals surface area contributed by atoms with E-state index in [0.717, 1.165) is 22.6 Å². The van der Waals surface area contributed by atoms with Crippen molar-refractivity contribution in [3.05, 3.63) is 59.1 Å². The Morgan fingerprint density at radius 1 is 1.10 bits per heavy atom. The molecular weight excluding hydrogens is 432 g/mol. The van der Waals surface area contributed by atoms with Crippen molar-refractivity contribution in [2.75, 3.05) is 12.9 Å². The van der Waals surface area contributed by atoms with Gasteiger partial charge in [-0.3, -0.25) is 9.59 Å². The first-order valence-corrected chi connectivity index (χ1v) is 11.8. The van der Waals surface area contributed by atoms with E-state index < -0.39 is 6.04 Å². The van der Waals surface area contributed by atoms with Crippen LogP contribution in [-0.2, 0) is 16.1 Å². The minimum absolute atomic E-state index is 0.0518. The topological polar surface area (TPSA) is 58.6 Å². The zero-order chi connectivity index (χ0) is 22.8. The number of ether oxygens (including phenoxy) is 1. The average Bonchev–Trinajstić information content (AvgIpc) is 2.78. The van der Waals surface area contributed by atoms with Crippen molar-refractivity contribution in [2.45, 2.75) is 57.1 Å². The number of carbonyl (C=O) groups is 2. The number of carbonyl (C=O) groups excluding carboxylic acids is 2. The zero-order valence-electron chi connectivity index (χ0n) is 18.6. The highest BCUT2D eigenvalue weighted by Gasteiger charge is 2.26. The van der Waals surface area contributed by atoms with Crippen molar-refractivity contribution in [1.82, 2.24) is 10.2 Å². The molecule has 168 valence electrons. The summed E-state index contributed by atoms with van der Waals surface area (Å²) < 4.78 is 5.21. The van der Waals surface area contributed by atoms with Gasteiger partial charge in [-0.1, -0.05) is 30.7 Å². The second kappa shape index (κ2) is 12.6. The van der Waals surface area contributed by atoms with Crippen molar-refractivity contribution < 1.29 is 14.3 Å². The molecule has 5 nitrogen and oxygen atoms in total. The molecule has 1 N–H and O–H groups in total. The molecule has 0 aromatic heterocycles. The van der Waals surface area contributed by atoms with Crippen LogP contribution in [0.5, 0.6) is 5.75 Å². The summed E-state index contributed by atoms with van der Waals surface area (Å²) in [6.07, 6.45) is 1.17. The van der Waals surface area contributed by atoms with Gasteiger partial charge >= 0.3 is 0 Å². The van der Waals surface area contributed by atoms with E-state index in [1.165, 1.54) is 0 Å². The maximum absolute atomic E-state index is 13.1. The Morgan fingerprint density at radius 3 is 2.32 bits per heavy atom. The summed E-state index contributed by atoms with van der Waals surface area (Å²) >= 11 is 7.53. The Bertz CT molecular complexity index is 843. The normalized spacial score (nSPS) is 12.7. The fourth-order valence-corrected chi connectivity index (χ4v) is 3.87. The number of nitrogens with one attached hydrogen (secondary N) is 1. The van der Waals surface area contributed by atoms with Crippen LogP contribution in [0, 0.1) is 0 Å². The van der Waals surface area contributed by atoms with Crippen molar-refractivity contribution in [3.8, 4) is 5.75 Å². The molecule has 0 aliphatic rings. The van der Waals surface area contributed by atoms with Crippen molar-refractivity contribution in [3.63, 3.8) is 0 Å². The van der Waals surface area contributed by atoms with E-state index in [1.807, 2.05) is 62.4 Å². The lowest BCUT2D eigenvalue weighted by Gasteiger charge is -2.29. The van der Waals surface area contributed by atoms with Gasteiger partial charge in [0.05, 0.1) is 7.11 Å². The molecule has 0 bridgehead atoms. The highest BCUT2D eigenvalue weighted by atomic mass is 35.5. The number of amides is 2. The van der Waals surface area contributed by atoms with E-state index in [4.69, 9.17) is 16.3 Å². The number of nitrogens with zero attached hydrogens (tertiary/aromatic N) is 1. The van der Waals surface area contributed by atoms with Gasteiger partial charge in [-0.15, -0.1) is 11.8 Å². The Labute approximate surface area is 194 Å². The fraction of sp³-hybridized carbons (Fsp3) is 0.417. The van der Waals surface area contributed by atoms with Crippen molar-refractivity contribution in [2.24, 2.45) is 0 Å². The largest absolute Gasteiger partial charge is 0.497 e. The van der Waals surface area contributed by atoms with Crippen molar-refractivity contribution in [1.29, 1.82) is 0 Å². The molecule has 2 amide bonds. The summed E-state index contributed by atoms with van der Waals surface area (Å²) in [5, 5.41) is 3.67. The second-order valence-corrected chi connectivity index (χ2v) is 9.02. The first kappa shape index (κ1) is 25.1. The summed E-state index contributed by atoms with van der Waals surface area (Å²) in [5.41, 5.74) is 0.947. The average molecular weight is 463 g/mol. The van der Waals surface area contributed by atoms with E-state index in [1.54, 1.807) is 30.7 Å². The monoisotopic (exact) mass is 462 g/mol. The quantitative estimate of drug-likeness (QED) is 0.468. The van der Waals surface area contributed by atoms with Crippen LogP contribution in [0.2, 0.25) is 5.02 Å². The van der Waals surface area contributed by atoms with Gasteiger partial charge in [-0.25, -0.2) is 0 Å². The van der Waals surface area contributed by atoms with Crippen LogP contribution in [-0.4, -0.2) is 41.7 Å². The van der Waals surface area contributed by atoms with E-state index in [-0.39, 0.29) is 17.9 Å². The van der Waals surface area contributed by atoms with Gasteiger partial charge in [0.2, 0.25) is 11.8 Å². The van der Waals surface area contributed by atoms with Gasteiger partial charge in [0.25, 0.3) is 0 Å². The number of hydrogen-bond donors (Lipinski definition) is 1. The minimum atomic E-state index is -0.566. The van der Waals surface area contributed by atoms with Crippen LogP contribution < -0.4 is 10.1 Å². The highest BCUT2D eigenvalue weighted by Crippen LogP contribution is 2.22. The molecule has 2 rings (SSSR count). The Morgan fingerprint density at radius 2 is 1.74 bits per heavy atom. The summed E-state index contributed by atoms with van der Waals surface area (Å²) in [4.78, 5) is 28.5. The zero-order valence-corrected chi connectivity index (χ0v) is 20.1. The number of rotatable bonds is 11. The molecule has 0 aliphatic carbocycles. The lowest BCUT2D eigenvalue weighted by Crippen LogP contribution is -2.49. The van der Waals surface area contributed by atoms with Crippen LogP contribution >= 0.6 is 23.4 Å². The number of thioether (sulfide) groups is 1. The summed E-state index contributed by atoms with van der Waals surface area (Å²) in [7, 11) is 1.62. The lowest BCUT2D eigenvalue weighted by molar-refractivity contribution is -0.140. The molecule has 0 saturated heterocycles. The molecule has 0 aliphatic heterocycles. The van der Waals surface area contributed by atoms with Gasteiger partial charge < -0.3 is 15.0 Å². The van der Waals surface area contributed by atoms with Gasteiger partial charge in [0.1, 0.15) is 11.8 Å². The van der Waals surface area contributed by atoms with Crippen molar-refractivity contribution >= 4 is 35.2 Å². The highest BCUT2D eigenvalue weighted by molar-refractivity contribution is 7.99. The minimum Gasteiger partial charge on any atom is -0.497 e. The summed E-state index contributed by atoms with van der Waals surface area (Å²) in [6.45, 7) is 6.13. The molecule has 0 saturated carbocycles. The van der Waals surface area contributed by atoms with E-state index in [9.17, 15) is 9.59 Å². The number of halogens is 1. The Kier molecular flexibility index (Phi) is 10.2. The Balaban J connectivity index is 2.07. The standard InChI is InChI=1S/C24H31ClN2O3S/c1-5-17(2)26-24(29)18(3)27(16-19-6-10-21(30-4)11-7-19)23(28)14-15-31-22-12-8-20(25)9-13-22/h6-13,17-18H,5,14-16H2,1-4H3,(H,26,29)/t17-,18+/m1/s1. The molecule has 0 unspecified atom stereocenters. The van der Waals surface area contributed by atoms with Crippen LogP contribution in [0.3, 0.4) is 0 Å². The molecule has 0 fully saturated rings. The third-order valence-corrected chi connectivity index (χ3v) is 6.34. The van der Waals surface area contributed by atoms with Gasteiger partial charge in [-0.05, 0) is 62.2 Å². The van der Waals surface area contributed by atoms with Gasteiger partial charge in [0.15, 0.2) is 0 Å². The fourth-order valence-electron chi connectivity index (χ4n) is 2.91. The van der Waals surface area contributed by atoms with Gasteiger partial charge in [0, 0.05) is 34.7 Å². The van der Waals surface area contributed by atoms with Crippen LogP contribution in [0.4, 0.5) is 0 Å².